The zero-order valence-corrected chi connectivity index (χ0v) is 17.9. The van der Waals surface area contributed by atoms with Crippen LogP contribution in [0.15, 0.2) is 77.7 Å². The lowest BCUT2D eigenvalue weighted by Crippen LogP contribution is -2.30. The van der Waals surface area contributed by atoms with Crippen LogP contribution in [-0.4, -0.2) is 15.5 Å². The van der Waals surface area contributed by atoms with E-state index < -0.39 is 5.91 Å². The molecule has 0 aliphatic rings. The third-order valence-electron chi connectivity index (χ3n) is 5.39. The molecule has 2 heterocycles. The second-order valence-electron chi connectivity index (χ2n) is 8.08. The number of benzene rings is 2. The van der Waals surface area contributed by atoms with E-state index in [9.17, 15) is 9.59 Å². The Morgan fingerprint density at radius 1 is 1.03 bits per heavy atom. The van der Waals surface area contributed by atoms with Gasteiger partial charge in [-0.25, -0.2) is 4.98 Å². The lowest BCUT2D eigenvalue weighted by atomic mass is 10.0. The maximum absolute atomic E-state index is 13.3. The van der Waals surface area contributed by atoms with E-state index in [0.29, 0.717) is 23.8 Å². The quantitative estimate of drug-likeness (QED) is 0.495. The molecule has 1 N–H and O–H groups in total. The van der Waals surface area contributed by atoms with Gasteiger partial charge in [0.15, 0.2) is 0 Å². The highest BCUT2D eigenvalue weighted by Gasteiger charge is 2.17. The molecule has 0 aliphatic carbocycles. The van der Waals surface area contributed by atoms with Gasteiger partial charge in [-0.05, 0) is 54.3 Å². The predicted molar refractivity (Wildman–Crippen MR) is 125 cm³/mol. The summed E-state index contributed by atoms with van der Waals surface area (Å²) in [6, 6.07) is 21.0. The van der Waals surface area contributed by atoms with E-state index >= 15 is 0 Å². The largest absolute Gasteiger partial charge is 0.322 e. The van der Waals surface area contributed by atoms with Crippen molar-refractivity contribution in [3.8, 4) is 0 Å². The number of hydrogen-bond donors (Lipinski definition) is 1. The Bertz CT molecular complexity index is 1290. The molecule has 0 unspecified atom stereocenters. The third kappa shape index (κ3) is 4.40. The lowest BCUT2D eigenvalue weighted by molar-refractivity contribution is 0.102. The Hall–Kier alpha value is -3.73. The summed E-state index contributed by atoms with van der Waals surface area (Å²) in [4.78, 5) is 30.7. The average molecular weight is 412 g/mol. The zero-order chi connectivity index (χ0) is 22.0. The fourth-order valence-electron chi connectivity index (χ4n) is 3.54. The van der Waals surface area contributed by atoms with Crippen LogP contribution in [0.25, 0.3) is 11.0 Å². The molecule has 0 fully saturated rings. The van der Waals surface area contributed by atoms with Gasteiger partial charge < -0.3 is 5.32 Å². The van der Waals surface area contributed by atoms with Crippen LogP contribution in [0.3, 0.4) is 0 Å². The van der Waals surface area contributed by atoms with E-state index in [0.717, 1.165) is 16.5 Å². The number of nitrogens with one attached hydrogen (secondary N) is 1. The van der Waals surface area contributed by atoms with E-state index in [1.165, 1.54) is 5.56 Å². The van der Waals surface area contributed by atoms with Crippen molar-refractivity contribution >= 4 is 22.6 Å². The van der Waals surface area contributed by atoms with Gasteiger partial charge in [0.05, 0.1) is 6.54 Å². The van der Waals surface area contributed by atoms with Crippen molar-refractivity contribution in [3.63, 3.8) is 0 Å². The van der Waals surface area contributed by atoms with Gasteiger partial charge in [-0.15, -0.1) is 0 Å². The topological polar surface area (TPSA) is 64.0 Å². The van der Waals surface area contributed by atoms with Crippen LogP contribution in [0.5, 0.6) is 0 Å². The van der Waals surface area contributed by atoms with E-state index in [-0.39, 0.29) is 11.1 Å². The summed E-state index contributed by atoms with van der Waals surface area (Å²) < 4.78 is 1.57. The minimum Gasteiger partial charge on any atom is -0.322 e. The van der Waals surface area contributed by atoms with Gasteiger partial charge in [-0.1, -0.05) is 55.8 Å². The number of hydrogen-bond acceptors (Lipinski definition) is 3. The standard InChI is InChI=1S/C26H25N3O2/c1-17(2)20-10-12-22(13-11-20)28-25(30)23-15-21-5-4-14-27-24(21)29(26(23)31)16-19-8-6-18(3)7-9-19/h4-15,17H,16H2,1-3H3,(H,28,30). The molecule has 5 heteroatoms. The van der Waals surface area contributed by atoms with E-state index in [1.54, 1.807) is 22.9 Å². The molecular weight excluding hydrogens is 386 g/mol. The fourth-order valence-corrected chi connectivity index (χ4v) is 3.54. The minimum atomic E-state index is -0.425. The van der Waals surface area contributed by atoms with Crippen molar-refractivity contribution in [1.29, 1.82) is 0 Å². The van der Waals surface area contributed by atoms with Gasteiger partial charge in [0.1, 0.15) is 11.2 Å². The number of carbonyl (C=O) groups excluding carboxylic acids is 1. The van der Waals surface area contributed by atoms with E-state index in [1.807, 2.05) is 61.5 Å². The van der Waals surface area contributed by atoms with E-state index in [4.69, 9.17) is 0 Å². The molecule has 31 heavy (non-hydrogen) atoms. The Morgan fingerprint density at radius 2 is 1.74 bits per heavy atom. The number of nitrogens with zero attached hydrogens (tertiary/aromatic N) is 2. The first-order valence-electron chi connectivity index (χ1n) is 10.4. The molecule has 2 aromatic heterocycles. The highest BCUT2D eigenvalue weighted by molar-refractivity contribution is 6.05. The van der Waals surface area contributed by atoms with Gasteiger partial charge in [0, 0.05) is 17.3 Å². The lowest BCUT2D eigenvalue weighted by Gasteiger charge is -2.13. The SMILES string of the molecule is Cc1ccc(Cn2c(=O)c(C(=O)Nc3ccc(C(C)C)cc3)cc3cccnc32)cc1. The molecule has 5 nitrogen and oxygen atoms in total. The second kappa shape index (κ2) is 8.56. The molecule has 0 saturated carbocycles. The Balaban J connectivity index is 1.72. The molecular formula is C26H25N3O2. The summed E-state index contributed by atoms with van der Waals surface area (Å²) >= 11 is 0. The molecule has 0 radical (unpaired) electrons. The Morgan fingerprint density at radius 3 is 2.42 bits per heavy atom. The van der Waals surface area contributed by atoms with Gasteiger partial charge in [0.2, 0.25) is 0 Å². The molecule has 1 amide bonds. The molecule has 4 aromatic rings. The number of rotatable bonds is 5. The smallest absolute Gasteiger partial charge is 0.265 e. The third-order valence-corrected chi connectivity index (χ3v) is 5.39. The summed E-state index contributed by atoms with van der Waals surface area (Å²) in [5.41, 5.74) is 4.27. The number of aryl methyl sites for hydroxylation is 1. The number of aromatic nitrogens is 2. The summed E-state index contributed by atoms with van der Waals surface area (Å²) in [5, 5.41) is 3.60. The number of fused-ring (bicyclic) bond motifs is 1. The fraction of sp³-hybridized carbons (Fsp3) is 0.192. The number of anilines is 1. The van der Waals surface area contributed by atoms with Crippen molar-refractivity contribution in [2.75, 3.05) is 5.32 Å². The first kappa shape index (κ1) is 20.5. The molecule has 156 valence electrons. The van der Waals surface area contributed by atoms with Crippen LogP contribution < -0.4 is 10.9 Å². The number of amides is 1. The first-order chi connectivity index (χ1) is 14.9. The second-order valence-corrected chi connectivity index (χ2v) is 8.08. The van der Waals surface area contributed by atoms with Gasteiger partial charge in [0.25, 0.3) is 11.5 Å². The molecule has 0 aliphatic heterocycles. The zero-order valence-electron chi connectivity index (χ0n) is 17.9. The first-order valence-corrected chi connectivity index (χ1v) is 10.4. The summed E-state index contributed by atoms with van der Waals surface area (Å²) in [6.07, 6.45) is 1.66. The van der Waals surface area contributed by atoms with Crippen molar-refractivity contribution in [2.45, 2.75) is 33.2 Å². The maximum Gasteiger partial charge on any atom is 0.265 e. The van der Waals surface area contributed by atoms with Crippen molar-refractivity contribution < 1.29 is 4.79 Å². The summed E-state index contributed by atoms with van der Waals surface area (Å²) in [7, 11) is 0. The van der Waals surface area contributed by atoms with Crippen LogP contribution in [0, 0.1) is 6.92 Å². The van der Waals surface area contributed by atoms with Crippen LogP contribution in [0.4, 0.5) is 5.69 Å². The highest BCUT2D eigenvalue weighted by Crippen LogP contribution is 2.18. The van der Waals surface area contributed by atoms with Crippen molar-refractivity contribution in [2.24, 2.45) is 0 Å². The normalized spacial score (nSPS) is 11.1. The van der Waals surface area contributed by atoms with Crippen LogP contribution in [0.1, 0.15) is 46.8 Å². The van der Waals surface area contributed by atoms with E-state index in [2.05, 4.69) is 24.1 Å². The Kier molecular flexibility index (Phi) is 5.67. The molecule has 0 atom stereocenters. The summed E-state index contributed by atoms with van der Waals surface area (Å²) in [6.45, 7) is 6.60. The number of carbonyl (C=O) groups is 1. The summed E-state index contributed by atoms with van der Waals surface area (Å²) in [5.74, 6) is -0.0163. The number of pyridine rings is 2. The predicted octanol–water partition coefficient (Wildman–Crippen LogP) is 5.13. The van der Waals surface area contributed by atoms with Gasteiger partial charge in [-0.2, -0.15) is 0 Å². The monoisotopic (exact) mass is 411 g/mol. The van der Waals surface area contributed by atoms with Crippen LogP contribution >= 0.6 is 0 Å². The van der Waals surface area contributed by atoms with Crippen molar-refractivity contribution in [1.82, 2.24) is 9.55 Å². The highest BCUT2D eigenvalue weighted by atomic mass is 16.2. The van der Waals surface area contributed by atoms with Crippen molar-refractivity contribution in [3.05, 3.63) is 106 Å². The van der Waals surface area contributed by atoms with Crippen LogP contribution in [-0.2, 0) is 6.54 Å². The van der Waals surface area contributed by atoms with Gasteiger partial charge >= 0.3 is 0 Å². The minimum absolute atomic E-state index is 0.0977. The molecule has 0 bridgehead atoms. The average Bonchev–Trinajstić information content (AvgIpc) is 2.77. The molecule has 2 aromatic carbocycles. The molecule has 0 spiro atoms. The Labute approximate surface area is 181 Å². The molecule has 0 saturated heterocycles. The van der Waals surface area contributed by atoms with Crippen LogP contribution in [0.2, 0.25) is 0 Å². The maximum atomic E-state index is 13.3. The van der Waals surface area contributed by atoms with Gasteiger partial charge in [-0.3, -0.25) is 14.2 Å². The molecule has 4 rings (SSSR count).